The number of aliphatic hydroxyl groups excluding tert-OH is 2. The number of benzene rings is 2. The van der Waals surface area contributed by atoms with Crippen LogP contribution in [0.25, 0.3) is 33.5 Å². The van der Waals surface area contributed by atoms with Crippen LogP contribution in [0.5, 0.6) is 0 Å². The van der Waals surface area contributed by atoms with Gasteiger partial charge < -0.3 is 10.2 Å². The van der Waals surface area contributed by atoms with E-state index in [2.05, 4.69) is 20.6 Å². The summed E-state index contributed by atoms with van der Waals surface area (Å²) in [4.78, 5) is 0. The predicted octanol–water partition coefficient (Wildman–Crippen LogP) is 3.10. The molecule has 0 saturated heterocycles. The molecule has 2 aromatic heterocycles. The minimum Gasteiger partial charge on any atom is -0.392 e. The van der Waals surface area contributed by atoms with Crippen molar-refractivity contribution in [3.05, 3.63) is 65.7 Å². The molecule has 2 heterocycles. The third-order valence-electron chi connectivity index (χ3n) is 4.69. The molecule has 7 nitrogen and oxygen atoms in total. The van der Waals surface area contributed by atoms with Crippen molar-refractivity contribution in [1.29, 1.82) is 0 Å². The highest BCUT2D eigenvalue weighted by atomic mass is 35.5. The van der Waals surface area contributed by atoms with Gasteiger partial charge in [0.2, 0.25) is 0 Å². The number of aliphatic hydroxyl groups is 2. The van der Waals surface area contributed by atoms with Gasteiger partial charge in [0.05, 0.1) is 23.1 Å². The first-order valence-corrected chi connectivity index (χ1v) is 10.1. The normalized spacial score (nSPS) is 13.5. The zero-order chi connectivity index (χ0) is 21.1. The van der Waals surface area contributed by atoms with Gasteiger partial charge in [-0.1, -0.05) is 72.3 Å². The maximum absolute atomic E-state index is 10.3. The molecule has 0 spiro atoms. The van der Waals surface area contributed by atoms with Crippen molar-refractivity contribution in [2.24, 2.45) is 0 Å². The van der Waals surface area contributed by atoms with Crippen LogP contribution < -0.4 is 5.32 Å². The van der Waals surface area contributed by atoms with E-state index in [9.17, 15) is 10.2 Å². The Morgan fingerprint density at radius 2 is 1.53 bits per heavy atom. The number of hydrogen-bond acceptors (Lipinski definition) is 6. The summed E-state index contributed by atoms with van der Waals surface area (Å²) in [5, 5.41) is 37.2. The molecule has 2 aromatic carbocycles. The molecule has 3 N–H and O–H groups in total. The van der Waals surface area contributed by atoms with Crippen molar-refractivity contribution in [2.45, 2.75) is 25.8 Å². The molecule has 4 rings (SSSR count). The molecular formula is C22H22ClN5O2. The first-order chi connectivity index (χ1) is 14.5. The Balaban J connectivity index is 1.83. The molecule has 2 unspecified atom stereocenters. The van der Waals surface area contributed by atoms with E-state index >= 15 is 0 Å². The average molecular weight is 424 g/mol. The third kappa shape index (κ3) is 4.20. The predicted molar refractivity (Wildman–Crippen MR) is 117 cm³/mol. The third-order valence-corrected chi connectivity index (χ3v) is 5.05. The Labute approximate surface area is 179 Å². The minimum atomic E-state index is -0.916. The van der Waals surface area contributed by atoms with E-state index in [0.29, 0.717) is 27.4 Å². The second-order valence-corrected chi connectivity index (χ2v) is 7.47. The van der Waals surface area contributed by atoms with Gasteiger partial charge >= 0.3 is 0 Å². The SMILES string of the molecule is CC(O)CNC(O)Cn1nc(-c2ccccc2)c2c(Cl)c(-c3ccccc3)nnc21. The van der Waals surface area contributed by atoms with Crippen LogP contribution in [-0.4, -0.2) is 49.1 Å². The summed E-state index contributed by atoms with van der Waals surface area (Å²) in [6, 6.07) is 19.3. The maximum atomic E-state index is 10.3. The van der Waals surface area contributed by atoms with Crippen molar-refractivity contribution in [2.75, 3.05) is 6.54 Å². The fourth-order valence-corrected chi connectivity index (χ4v) is 3.58. The Hall–Kier alpha value is -2.84. The van der Waals surface area contributed by atoms with Crippen molar-refractivity contribution >= 4 is 22.6 Å². The minimum absolute atomic E-state index is 0.131. The number of rotatable bonds is 7. The summed E-state index contributed by atoms with van der Waals surface area (Å²) in [5.41, 5.74) is 3.49. The van der Waals surface area contributed by atoms with Gasteiger partial charge in [0.15, 0.2) is 5.65 Å². The maximum Gasteiger partial charge on any atom is 0.182 e. The van der Waals surface area contributed by atoms with Crippen LogP contribution in [0.2, 0.25) is 5.02 Å². The Kier molecular flexibility index (Phi) is 6.06. The number of aromatic nitrogens is 4. The number of nitrogens with one attached hydrogen (secondary N) is 1. The molecule has 0 fully saturated rings. The lowest BCUT2D eigenvalue weighted by Gasteiger charge is -2.14. The molecule has 154 valence electrons. The highest BCUT2D eigenvalue weighted by Crippen LogP contribution is 2.37. The molecule has 0 aliphatic carbocycles. The number of halogens is 1. The fourth-order valence-electron chi connectivity index (χ4n) is 3.26. The molecule has 0 aliphatic rings. The summed E-state index contributed by atoms with van der Waals surface area (Å²) < 4.78 is 1.59. The largest absolute Gasteiger partial charge is 0.392 e. The Morgan fingerprint density at radius 1 is 0.933 bits per heavy atom. The van der Waals surface area contributed by atoms with Crippen molar-refractivity contribution in [3.8, 4) is 22.5 Å². The summed E-state index contributed by atoms with van der Waals surface area (Å²) in [5.74, 6) is 0. The van der Waals surface area contributed by atoms with Gasteiger partial charge in [-0.2, -0.15) is 5.10 Å². The monoisotopic (exact) mass is 423 g/mol. The van der Waals surface area contributed by atoms with E-state index < -0.39 is 12.3 Å². The summed E-state index contributed by atoms with van der Waals surface area (Å²) in [6.45, 7) is 2.04. The van der Waals surface area contributed by atoms with Crippen LogP contribution in [0.15, 0.2) is 60.7 Å². The summed E-state index contributed by atoms with van der Waals surface area (Å²) in [7, 11) is 0. The molecule has 8 heteroatoms. The topological polar surface area (TPSA) is 96.1 Å². The highest BCUT2D eigenvalue weighted by Gasteiger charge is 2.22. The van der Waals surface area contributed by atoms with Gasteiger partial charge in [0.1, 0.15) is 17.6 Å². The van der Waals surface area contributed by atoms with Crippen LogP contribution >= 0.6 is 11.6 Å². The Morgan fingerprint density at radius 3 is 2.13 bits per heavy atom. The molecular weight excluding hydrogens is 402 g/mol. The van der Waals surface area contributed by atoms with Crippen LogP contribution in [0.3, 0.4) is 0 Å². The molecule has 0 bridgehead atoms. The quantitative estimate of drug-likeness (QED) is 0.395. The smallest absolute Gasteiger partial charge is 0.182 e. The average Bonchev–Trinajstić information content (AvgIpc) is 3.13. The van der Waals surface area contributed by atoms with Gasteiger partial charge in [-0.25, -0.2) is 4.68 Å². The lowest BCUT2D eigenvalue weighted by Crippen LogP contribution is -2.37. The summed E-state index contributed by atoms with van der Waals surface area (Å²) in [6.07, 6.45) is -1.49. The molecule has 0 aliphatic heterocycles. The van der Waals surface area contributed by atoms with Gasteiger partial charge in [0, 0.05) is 17.7 Å². The molecule has 30 heavy (non-hydrogen) atoms. The van der Waals surface area contributed by atoms with Crippen molar-refractivity contribution in [1.82, 2.24) is 25.3 Å². The van der Waals surface area contributed by atoms with Crippen molar-refractivity contribution in [3.63, 3.8) is 0 Å². The highest BCUT2D eigenvalue weighted by molar-refractivity contribution is 6.38. The van der Waals surface area contributed by atoms with E-state index in [1.807, 2.05) is 60.7 Å². The van der Waals surface area contributed by atoms with E-state index in [0.717, 1.165) is 11.1 Å². The van der Waals surface area contributed by atoms with Crippen LogP contribution in [0.1, 0.15) is 6.92 Å². The number of fused-ring (bicyclic) bond motifs is 1. The molecule has 2 atom stereocenters. The number of nitrogens with zero attached hydrogens (tertiary/aromatic N) is 4. The second-order valence-electron chi connectivity index (χ2n) is 7.10. The molecule has 0 saturated carbocycles. The second kappa shape index (κ2) is 8.89. The molecule has 0 amide bonds. The standard InChI is InChI=1S/C22H22ClN5O2/c1-14(29)12-24-17(30)13-28-22-18(20(27-28)15-8-4-2-5-9-15)19(23)21(25-26-22)16-10-6-3-7-11-16/h2-11,14,17,24,29-30H,12-13H2,1H3. The van der Waals surface area contributed by atoms with Crippen LogP contribution in [0, 0.1) is 0 Å². The Bertz CT molecular complexity index is 1130. The summed E-state index contributed by atoms with van der Waals surface area (Å²) >= 11 is 6.82. The van der Waals surface area contributed by atoms with Crippen LogP contribution in [0.4, 0.5) is 0 Å². The molecule has 0 radical (unpaired) electrons. The zero-order valence-corrected chi connectivity index (χ0v) is 17.2. The van der Waals surface area contributed by atoms with Gasteiger partial charge in [-0.3, -0.25) is 5.32 Å². The van der Waals surface area contributed by atoms with E-state index in [1.165, 1.54) is 0 Å². The molecule has 4 aromatic rings. The van der Waals surface area contributed by atoms with Crippen molar-refractivity contribution < 1.29 is 10.2 Å². The zero-order valence-electron chi connectivity index (χ0n) is 16.4. The van der Waals surface area contributed by atoms with E-state index in [-0.39, 0.29) is 13.1 Å². The van der Waals surface area contributed by atoms with Gasteiger partial charge in [-0.15, -0.1) is 10.2 Å². The number of hydrogen-bond donors (Lipinski definition) is 3. The fraction of sp³-hybridized carbons (Fsp3) is 0.227. The van der Waals surface area contributed by atoms with Crippen LogP contribution in [-0.2, 0) is 6.54 Å². The lowest BCUT2D eigenvalue weighted by atomic mass is 10.1. The van der Waals surface area contributed by atoms with Gasteiger partial charge in [-0.05, 0) is 6.92 Å². The van der Waals surface area contributed by atoms with E-state index in [4.69, 9.17) is 11.6 Å². The van der Waals surface area contributed by atoms with Gasteiger partial charge in [0.25, 0.3) is 0 Å². The first kappa shape index (κ1) is 20.4. The first-order valence-electron chi connectivity index (χ1n) is 9.67. The lowest BCUT2D eigenvalue weighted by molar-refractivity contribution is 0.0923. The van der Waals surface area contributed by atoms with E-state index in [1.54, 1.807) is 11.6 Å².